The second kappa shape index (κ2) is 13.8. The fourth-order valence-corrected chi connectivity index (χ4v) is 4.23. The van der Waals surface area contributed by atoms with Crippen LogP contribution in [0.25, 0.3) is 0 Å². The third-order valence-electron chi connectivity index (χ3n) is 6.04. The first kappa shape index (κ1) is 27.4. The molecular formula is C29H31NO7. The molecule has 1 atom stereocenters. The average Bonchev–Trinajstić information content (AvgIpc) is 3.30. The first-order valence-corrected chi connectivity index (χ1v) is 12.0. The third kappa shape index (κ3) is 7.91. The maximum Gasteiger partial charge on any atom is 0.414 e. The van der Waals surface area contributed by atoms with Crippen molar-refractivity contribution in [2.45, 2.75) is 24.9 Å². The molecular weight excluding hydrogens is 474 g/mol. The van der Waals surface area contributed by atoms with E-state index in [0.29, 0.717) is 6.61 Å². The quantitative estimate of drug-likeness (QED) is 0.328. The molecule has 3 aromatic carbocycles. The van der Waals surface area contributed by atoms with Crippen LogP contribution < -0.4 is 4.74 Å². The van der Waals surface area contributed by atoms with Gasteiger partial charge < -0.3 is 24.6 Å². The van der Waals surface area contributed by atoms with E-state index in [1.54, 1.807) is 7.11 Å². The van der Waals surface area contributed by atoms with Crippen LogP contribution >= 0.6 is 0 Å². The van der Waals surface area contributed by atoms with Crippen molar-refractivity contribution in [2.75, 3.05) is 26.8 Å². The molecule has 0 saturated carbocycles. The van der Waals surface area contributed by atoms with Crippen molar-refractivity contribution in [1.29, 1.82) is 0 Å². The van der Waals surface area contributed by atoms with Gasteiger partial charge in [-0.15, -0.1) is 0 Å². The van der Waals surface area contributed by atoms with E-state index in [9.17, 15) is 4.79 Å². The first-order valence-electron chi connectivity index (χ1n) is 12.0. The number of aliphatic carboxylic acids is 2. The third-order valence-corrected chi connectivity index (χ3v) is 6.04. The predicted octanol–water partition coefficient (Wildman–Crippen LogP) is 4.36. The zero-order chi connectivity index (χ0) is 26.6. The lowest BCUT2D eigenvalue weighted by atomic mass is 9.97. The lowest BCUT2D eigenvalue weighted by Gasteiger charge is -2.21. The van der Waals surface area contributed by atoms with Crippen LogP contribution in [0.5, 0.6) is 5.75 Å². The summed E-state index contributed by atoms with van der Waals surface area (Å²) in [6, 6.07) is 28.4. The van der Waals surface area contributed by atoms with Gasteiger partial charge in [0.1, 0.15) is 11.9 Å². The number of rotatable bonds is 9. The van der Waals surface area contributed by atoms with Crippen molar-refractivity contribution in [3.63, 3.8) is 0 Å². The second-order valence-electron chi connectivity index (χ2n) is 8.48. The summed E-state index contributed by atoms with van der Waals surface area (Å²) in [5, 5.41) is 14.8. The van der Waals surface area contributed by atoms with Gasteiger partial charge in [0.25, 0.3) is 0 Å². The van der Waals surface area contributed by atoms with E-state index in [1.165, 1.54) is 0 Å². The average molecular weight is 506 g/mol. The Labute approximate surface area is 216 Å². The highest BCUT2D eigenvalue weighted by molar-refractivity contribution is 6.27. The summed E-state index contributed by atoms with van der Waals surface area (Å²) in [4.78, 5) is 33.1. The summed E-state index contributed by atoms with van der Waals surface area (Å²) in [6.45, 7) is 2.11. The molecule has 1 aliphatic rings. The van der Waals surface area contributed by atoms with Crippen LogP contribution in [0.15, 0.2) is 84.9 Å². The number of carboxylic acid groups (broad SMARTS) is 2. The monoisotopic (exact) mass is 505 g/mol. The van der Waals surface area contributed by atoms with Crippen LogP contribution in [0.1, 0.15) is 41.6 Å². The molecule has 4 rings (SSSR count). The Morgan fingerprint density at radius 3 is 2.05 bits per heavy atom. The number of carbonyl (C=O) groups excluding carboxylic acids is 1. The molecule has 1 fully saturated rings. The lowest BCUT2D eigenvalue weighted by molar-refractivity contribution is -0.159. The van der Waals surface area contributed by atoms with E-state index < -0.39 is 11.9 Å². The van der Waals surface area contributed by atoms with Gasteiger partial charge in [-0.1, -0.05) is 72.8 Å². The zero-order valence-corrected chi connectivity index (χ0v) is 20.7. The highest BCUT2D eigenvalue weighted by Gasteiger charge is 2.32. The fraction of sp³-hybridized carbons (Fsp3) is 0.276. The van der Waals surface area contributed by atoms with Crippen molar-refractivity contribution in [3.05, 3.63) is 102 Å². The Balaban J connectivity index is 0.000000568. The largest absolute Gasteiger partial charge is 0.497 e. The molecule has 0 aliphatic carbocycles. The Morgan fingerprint density at radius 1 is 0.919 bits per heavy atom. The Kier molecular flexibility index (Phi) is 10.2. The summed E-state index contributed by atoms with van der Waals surface area (Å²) >= 11 is 0. The minimum absolute atomic E-state index is 0.0718. The van der Waals surface area contributed by atoms with E-state index >= 15 is 0 Å². The van der Waals surface area contributed by atoms with Gasteiger partial charge in [-0.05, 0) is 41.7 Å². The summed E-state index contributed by atoms with van der Waals surface area (Å²) in [6.07, 6.45) is 1.57. The molecule has 1 heterocycles. The van der Waals surface area contributed by atoms with E-state index in [2.05, 4.69) is 24.3 Å². The van der Waals surface area contributed by atoms with Gasteiger partial charge in [0.2, 0.25) is 5.91 Å². The fourth-order valence-electron chi connectivity index (χ4n) is 4.23. The molecule has 8 heteroatoms. The van der Waals surface area contributed by atoms with Crippen LogP contribution in [0.4, 0.5) is 0 Å². The standard InChI is InChI=1S/C27H29NO3.C2H2O4/c1-30-24-15-8-14-23(20-24)25-16-18-28(27(25)29)17-9-19-31-26(21-10-4-2-5-11-21)22-12-6-3-7-13-22;3-1(4)2(5)6/h2-8,10-15,20,25-26H,9,16-19H2,1H3;(H,3,4)(H,5,6). The van der Waals surface area contributed by atoms with E-state index in [4.69, 9.17) is 29.3 Å². The van der Waals surface area contributed by atoms with Crippen LogP contribution in [0.3, 0.4) is 0 Å². The molecule has 0 aromatic heterocycles. The number of methoxy groups -OCH3 is 1. The molecule has 0 radical (unpaired) electrons. The Hall–Kier alpha value is -4.17. The van der Waals surface area contributed by atoms with Crippen molar-refractivity contribution >= 4 is 17.8 Å². The number of ether oxygens (including phenoxy) is 2. The van der Waals surface area contributed by atoms with Crippen molar-refractivity contribution in [3.8, 4) is 5.75 Å². The normalized spacial score (nSPS) is 14.7. The van der Waals surface area contributed by atoms with Gasteiger partial charge in [-0.3, -0.25) is 4.79 Å². The number of likely N-dealkylation sites (tertiary alicyclic amines) is 1. The number of hydrogen-bond acceptors (Lipinski definition) is 5. The minimum Gasteiger partial charge on any atom is -0.497 e. The van der Waals surface area contributed by atoms with Crippen LogP contribution in [0, 0.1) is 0 Å². The number of carboxylic acids is 2. The maximum absolute atomic E-state index is 12.9. The van der Waals surface area contributed by atoms with Crippen molar-refractivity contribution in [1.82, 2.24) is 4.90 Å². The number of amides is 1. The predicted molar refractivity (Wildman–Crippen MR) is 137 cm³/mol. The molecule has 0 spiro atoms. The van der Waals surface area contributed by atoms with Crippen molar-refractivity contribution in [2.24, 2.45) is 0 Å². The van der Waals surface area contributed by atoms with Gasteiger partial charge in [-0.2, -0.15) is 0 Å². The van der Waals surface area contributed by atoms with Gasteiger partial charge in [0.05, 0.1) is 13.0 Å². The Bertz CT molecular complexity index is 1120. The maximum atomic E-state index is 12.9. The molecule has 3 aromatic rings. The van der Waals surface area contributed by atoms with Crippen LogP contribution in [-0.2, 0) is 19.1 Å². The lowest BCUT2D eigenvalue weighted by Crippen LogP contribution is -2.28. The topological polar surface area (TPSA) is 113 Å². The van der Waals surface area contributed by atoms with Gasteiger partial charge in [0.15, 0.2) is 0 Å². The van der Waals surface area contributed by atoms with E-state index in [-0.39, 0.29) is 17.9 Å². The van der Waals surface area contributed by atoms with E-state index in [1.807, 2.05) is 65.6 Å². The highest BCUT2D eigenvalue weighted by Crippen LogP contribution is 2.31. The summed E-state index contributed by atoms with van der Waals surface area (Å²) in [5.74, 6) is -2.72. The van der Waals surface area contributed by atoms with Gasteiger partial charge in [-0.25, -0.2) is 9.59 Å². The first-order chi connectivity index (χ1) is 17.9. The van der Waals surface area contributed by atoms with Gasteiger partial charge in [0, 0.05) is 19.7 Å². The smallest absolute Gasteiger partial charge is 0.414 e. The molecule has 194 valence electrons. The molecule has 1 aliphatic heterocycles. The van der Waals surface area contributed by atoms with Crippen LogP contribution in [0.2, 0.25) is 0 Å². The summed E-state index contributed by atoms with van der Waals surface area (Å²) in [5.41, 5.74) is 3.32. The number of carbonyl (C=O) groups is 3. The highest BCUT2D eigenvalue weighted by atomic mass is 16.5. The number of hydrogen-bond donors (Lipinski definition) is 2. The molecule has 0 bridgehead atoms. The van der Waals surface area contributed by atoms with Crippen LogP contribution in [-0.4, -0.2) is 59.8 Å². The summed E-state index contributed by atoms with van der Waals surface area (Å²) in [7, 11) is 1.65. The zero-order valence-electron chi connectivity index (χ0n) is 20.7. The number of nitrogens with zero attached hydrogens (tertiary/aromatic N) is 1. The number of benzene rings is 3. The summed E-state index contributed by atoms with van der Waals surface area (Å²) < 4.78 is 11.6. The molecule has 37 heavy (non-hydrogen) atoms. The van der Waals surface area contributed by atoms with E-state index in [0.717, 1.165) is 48.4 Å². The molecule has 8 nitrogen and oxygen atoms in total. The van der Waals surface area contributed by atoms with Gasteiger partial charge >= 0.3 is 11.9 Å². The molecule has 1 saturated heterocycles. The minimum atomic E-state index is -1.82. The Morgan fingerprint density at radius 2 is 1.51 bits per heavy atom. The molecule has 2 N–H and O–H groups in total. The second-order valence-corrected chi connectivity index (χ2v) is 8.48. The molecule has 1 unspecified atom stereocenters. The molecule has 1 amide bonds. The SMILES string of the molecule is COc1cccc(C2CCN(CCCOC(c3ccccc3)c3ccccc3)C2=O)c1.O=C(O)C(=O)O. The van der Waals surface area contributed by atoms with Crippen molar-refractivity contribution < 1.29 is 34.1 Å².